The van der Waals surface area contributed by atoms with Gasteiger partial charge in [0, 0.05) is 24.7 Å². The number of nitrogens with zero attached hydrogens (tertiary/aromatic N) is 2. The van der Waals surface area contributed by atoms with Crippen LogP contribution < -0.4 is 10.5 Å². The molecule has 9 nitrogen and oxygen atoms in total. The number of amides is 1. The smallest absolute Gasteiger partial charge is 0.269 e. The molecule has 3 N–H and O–H groups in total. The molecule has 2 aromatic carbocycles. The van der Waals surface area contributed by atoms with Gasteiger partial charge in [-0.25, -0.2) is 13.6 Å². The Balaban J connectivity index is 1.84. The molecule has 0 bridgehead atoms. The lowest BCUT2D eigenvalue weighted by molar-refractivity contribution is -0.384. The maximum Gasteiger partial charge on any atom is 0.269 e. The van der Waals surface area contributed by atoms with Crippen LogP contribution in [0.2, 0.25) is 0 Å². The Bertz CT molecular complexity index is 976. The lowest BCUT2D eigenvalue weighted by Crippen LogP contribution is -2.37. The van der Waals surface area contributed by atoms with Gasteiger partial charge in [0.1, 0.15) is 0 Å². The Labute approximate surface area is 169 Å². The Morgan fingerprint density at radius 1 is 1.24 bits per heavy atom. The second kappa shape index (κ2) is 9.59. The highest BCUT2D eigenvalue weighted by atomic mass is 32.2. The number of rotatable bonds is 9. The zero-order valence-electron chi connectivity index (χ0n) is 16.2. The van der Waals surface area contributed by atoms with Crippen molar-refractivity contribution in [2.75, 3.05) is 20.1 Å². The maximum atomic E-state index is 12.2. The molecule has 0 aliphatic rings. The Kier molecular flexibility index (Phi) is 7.43. The molecule has 29 heavy (non-hydrogen) atoms. The van der Waals surface area contributed by atoms with Gasteiger partial charge in [-0.15, -0.1) is 0 Å². The number of hydrogen-bond donors (Lipinski definition) is 2. The number of nitrogens with two attached hydrogens (primary N) is 1. The predicted octanol–water partition coefficient (Wildman–Crippen LogP) is 1.59. The molecule has 0 saturated carbocycles. The topological polar surface area (TPSA) is 136 Å². The van der Waals surface area contributed by atoms with Gasteiger partial charge in [0.25, 0.3) is 5.69 Å². The summed E-state index contributed by atoms with van der Waals surface area (Å²) in [6, 6.07) is 12.3. The largest absolute Gasteiger partial charge is 0.355 e. The summed E-state index contributed by atoms with van der Waals surface area (Å²) in [6.07, 6.45) is 0.542. The van der Waals surface area contributed by atoms with E-state index in [9.17, 15) is 23.3 Å². The van der Waals surface area contributed by atoms with Crippen LogP contribution in [0, 0.1) is 10.1 Å². The van der Waals surface area contributed by atoms with Crippen molar-refractivity contribution in [3.8, 4) is 0 Å². The molecule has 0 unspecified atom stereocenters. The van der Waals surface area contributed by atoms with Gasteiger partial charge >= 0.3 is 0 Å². The van der Waals surface area contributed by atoms with E-state index in [-0.39, 0.29) is 29.1 Å². The third kappa shape index (κ3) is 6.63. The highest BCUT2D eigenvalue weighted by Crippen LogP contribution is 2.22. The van der Waals surface area contributed by atoms with Crippen molar-refractivity contribution in [3.05, 3.63) is 69.8 Å². The number of nitro groups is 1. The lowest BCUT2D eigenvalue weighted by Gasteiger charge is -2.24. The Morgan fingerprint density at radius 2 is 1.90 bits per heavy atom. The molecular formula is C19H24N4O5S. The van der Waals surface area contributed by atoms with E-state index in [1.165, 1.54) is 24.3 Å². The van der Waals surface area contributed by atoms with Crippen LogP contribution >= 0.6 is 0 Å². The quantitative estimate of drug-likeness (QED) is 0.467. The van der Waals surface area contributed by atoms with Crippen LogP contribution in [-0.4, -0.2) is 44.3 Å². The molecule has 0 saturated heterocycles. The fourth-order valence-electron chi connectivity index (χ4n) is 2.76. The second-order valence-corrected chi connectivity index (χ2v) is 8.29. The average molecular weight is 420 g/mol. The normalized spacial score (nSPS) is 12.6. The lowest BCUT2D eigenvalue weighted by atomic mass is 10.1. The number of primary sulfonamides is 1. The molecule has 2 aromatic rings. The van der Waals surface area contributed by atoms with Crippen molar-refractivity contribution in [1.29, 1.82) is 0 Å². The summed E-state index contributed by atoms with van der Waals surface area (Å²) >= 11 is 0. The van der Waals surface area contributed by atoms with E-state index in [2.05, 4.69) is 5.32 Å². The van der Waals surface area contributed by atoms with Crippen molar-refractivity contribution in [1.82, 2.24) is 10.2 Å². The van der Waals surface area contributed by atoms with E-state index >= 15 is 0 Å². The van der Waals surface area contributed by atoms with Gasteiger partial charge in [0.05, 0.1) is 16.4 Å². The van der Waals surface area contributed by atoms with Crippen LogP contribution in [0.15, 0.2) is 53.4 Å². The summed E-state index contributed by atoms with van der Waals surface area (Å²) < 4.78 is 22.5. The highest BCUT2D eigenvalue weighted by Gasteiger charge is 2.17. The molecule has 0 fully saturated rings. The van der Waals surface area contributed by atoms with Gasteiger partial charge in [-0.2, -0.15) is 0 Å². The van der Waals surface area contributed by atoms with E-state index in [4.69, 9.17) is 5.14 Å². The highest BCUT2D eigenvalue weighted by molar-refractivity contribution is 7.89. The number of likely N-dealkylation sites (N-methyl/N-ethyl adjacent to an activating group) is 1. The molecule has 0 aliphatic heterocycles. The second-order valence-electron chi connectivity index (χ2n) is 6.73. The van der Waals surface area contributed by atoms with Gasteiger partial charge in [0.15, 0.2) is 0 Å². The molecule has 0 radical (unpaired) electrons. The van der Waals surface area contributed by atoms with Gasteiger partial charge in [-0.05, 0) is 43.7 Å². The molecule has 1 amide bonds. The molecule has 156 valence electrons. The summed E-state index contributed by atoms with van der Waals surface area (Å²) in [5.74, 6) is -0.175. The Morgan fingerprint density at radius 3 is 2.48 bits per heavy atom. The number of carbonyl (C=O) groups is 1. The predicted molar refractivity (Wildman–Crippen MR) is 109 cm³/mol. The minimum Gasteiger partial charge on any atom is -0.355 e. The van der Waals surface area contributed by atoms with Crippen LogP contribution in [0.3, 0.4) is 0 Å². The molecule has 0 heterocycles. The van der Waals surface area contributed by atoms with Crippen molar-refractivity contribution < 1.29 is 18.1 Å². The Hall–Kier alpha value is -2.82. The van der Waals surface area contributed by atoms with Crippen LogP contribution in [0.1, 0.15) is 24.1 Å². The summed E-state index contributed by atoms with van der Waals surface area (Å²) in [4.78, 5) is 24.5. The fraction of sp³-hybridized carbons (Fsp3) is 0.316. The first-order valence-corrected chi connectivity index (χ1v) is 10.5. The third-order valence-electron chi connectivity index (χ3n) is 4.61. The summed E-state index contributed by atoms with van der Waals surface area (Å²) in [6.45, 7) is 2.40. The van der Waals surface area contributed by atoms with E-state index < -0.39 is 14.9 Å². The van der Waals surface area contributed by atoms with Crippen molar-refractivity contribution in [2.45, 2.75) is 24.3 Å². The third-order valence-corrected chi connectivity index (χ3v) is 5.53. The number of carbonyl (C=O) groups excluding carboxylic acids is 1. The van der Waals surface area contributed by atoms with E-state index in [0.29, 0.717) is 13.0 Å². The van der Waals surface area contributed by atoms with Crippen molar-refractivity contribution in [2.24, 2.45) is 5.14 Å². The molecule has 0 aliphatic carbocycles. The van der Waals surface area contributed by atoms with Gasteiger partial charge in [-0.1, -0.05) is 24.3 Å². The first-order chi connectivity index (χ1) is 13.6. The summed E-state index contributed by atoms with van der Waals surface area (Å²) in [5, 5.41) is 18.8. The average Bonchev–Trinajstić information content (AvgIpc) is 2.67. The molecular weight excluding hydrogens is 396 g/mol. The van der Waals surface area contributed by atoms with Gasteiger partial charge in [-0.3, -0.25) is 19.8 Å². The number of benzene rings is 2. The molecule has 10 heteroatoms. The monoisotopic (exact) mass is 420 g/mol. The van der Waals surface area contributed by atoms with Crippen molar-refractivity contribution >= 4 is 21.6 Å². The number of nitro benzene ring substituents is 1. The number of non-ortho nitro benzene ring substituents is 1. The number of hydrogen-bond acceptors (Lipinski definition) is 6. The van der Waals surface area contributed by atoms with Gasteiger partial charge < -0.3 is 5.32 Å². The van der Waals surface area contributed by atoms with Crippen LogP contribution in [-0.2, 0) is 21.2 Å². The minimum atomic E-state index is -3.72. The van der Waals surface area contributed by atoms with Crippen LogP contribution in [0.4, 0.5) is 5.69 Å². The zero-order valence-corrected chi connectivity index (χ0v) is 17.1. The van der Waals surface area contributed by atoms with Crippen LogP contribution in [0.25, 0.3) is 0 Å². The van der Waals surface area contributed by atoms with Crippen molar-refractivity contribution in [3.63, 3.8) is 0 Å². The number of sulfonamides is 1. The standard InChI is InChI=1S/C19H24N4O5S/c1-14(16-4-3-5-17(12-16)23(25)26)22(2)13-19(24)21-11-10-15-6-8-18(9-7-15)29(20,27)28/h3-9,12,14H,10-11,13H2,1-2H3,(H,21,24)(H2,20,27,28)/t14-/m0/s1. The molecule has 0 aromatic heterocycles. The first kappa shape index (κ1) is 22.5. The molecule has 2 rings (SSSR count). The van der Waals surface area contributed by atoms with Gasteiger partial charge in [0.2, 0.25) is 15.9 Å². The maximum absolute atomic E-state index is 12.2. The minimum absolute atomic E-state index is 0.0145. The summed E-state index contributed by atoms with van der Waals surface area (Å²) in [7, 11) is -1.95. The zero-order chi connectivity index (χ0) is 21.6. The number of nitrogens with one attached hydrogen (secondary N) is 1. The SMILES string of the molecule is C[C@@H](c1cccc([N+](=O)[O-])c1)N(C)CC(=O)NCCc1ccc(S(N)(=O)=O)cc1. The van der Waals surface area contributed by atoms with E-state index in [1.807, 2.05) is 6.92 Å². The van der Waals surface area contributed by atoms with Crippen LogP contribution in [0.5, 0.6) is 0 Å². The summed E-state index contributed by atoms with van der Waals surface area (Å²) in [5.41, 5.74) is 1.64. The van der Waals surface area contributed by atoms with E-state index in [1.54, 1.807) is 36.2 Å². The molecule has 0 spiro atoms. The fourth-order valence-corrected chi connectivity index (χ4v) is 3.28. The molecule has 1 atom stereocenters. The first-order valence-electron chi connectivity index (χ1n) is 8.91. The van der Waals surface area contributed by atoms with E-state index in [0.717, 1.165) is 11.1 Å².